The Bertz CT molecular complexity index is 207. The number of halogens is 2. The first kappa shape index (κ1) is 10.3. The van der Waals surface area contributed by atoms with Gasteiger partial charge >= 0.3 is 0 Å². The standard InChI is InChI=1S/C11H18F2O/c1-6-5-8-4-3-7(2)14-11(8)10(13)9(6)12/h6-11H,3-5H2,1-2H3/t6?,7?,8?,9-,10?,11?/m1/s1. The molecule has 2 fully saturated rings. The van der Waals surface area contributed by atoms with Crippen molar-refractivity contribution >= 4 is 0 Å². The first-order chi connectivity index (χ1) is 6.59. The maximum absolute atomic E-state index is 13.6. The molecule has 14 heavy (non-hydrogen) atoms. The van der Waals surface area contributed by atoms with Gasteiger partial charge in [0.2, 0.25) is 0 Å². The molecule has 1 aliphatic carbocycles. The van der Waals surface area contributed by atoms with E-state index >= 15 is 0 Å². The lowest BCUT2D eigenvalue weighted by Crippen LogP contribution is -2.50. The summed E-state index contributed by atoms with van der Waals surface area (Å²) in [5, 5.41) is 0. The van der Waals surface area contributed by atoms with Gasteiger partial charge in [-0.15, -0.1) is 0 Å². The SMILES string of the molecule is CC1CCC2CC(C)[C@@H](F)C(F)C2O1. The maximum Gasteiger partial charge on any atom is 0.158 e. The molecule has 0 amide bonds. The number of alkyl halides is 2. The van der Waals surface area contributed by atoms with Crippen LogP contribution < -0.4 is 0 Å². The molecule has 0 spiro atoms. The van der Waals surface area contributed by atoms with Crippen molar-refractivity contribution < 1.29 is 13.5 Å². The van der Waals surface area contributed by atoms with E-state index in [0.29, 0.717) is 0 Å². The molecule has 1 saturated heterocycles. The second kappa shape index (κ2) is 3.76. The van der Waals surface area contributed by atoms with Crippen molar-refractivity contribution in [1.82, 2.24) is 0 Å². The van der Waals surface area contributed by atoms with Crippen molar-refractivity contribution in [1.29, 1.82) is 0 Å². The number of hydrogen-bond acceptors (Lipinski definition) is 1. The van der Waals surface area contributed by atoms with Gasteiger partial charge in [-0.3, -0.25) is 0 Å². The molecule has 1 aliphatic heterocycles. The highest BCUT2D eigenvalue weighted by molar-refractivity contribution is 4.94. The summed E-state index contributed by atoms with van der Waals surface area (Å²) in [5.41, 5.74) is 0. The van der Waals surface area contributed by atoms with Gasteiger partial charge < -0.3 is 4.74 Å². The van der Waals surface area contributed by atoms with Gasteiger partial charge in [-0.2, -0.15) is 0 Å². The molecular weight excluding hydrogens is 186 g/mol. The fraction of sp³-hybridized carbons (Fsp3) is 1.00. The highest BCUT2D eigenvalue weighted by atomic mass is 19.2. The van der Waals surface area contributed by atoms with Crippen LogP contribution >= 0.6 is 0 Å². The molecule has 2 aliphatic rings. The van der Waals surface area contributed by atoms with Gasteiger partial charge in [-0.05, 0) is 38.0 Å². The van der Waals surface area contributed by atoms with Crippen LogP contribution in [0.4, 0.5) is 8.78 Å². The third-order valence-corrected chi connectivity index (χ3v) is 3.63. The predicted molar refractivity (Wildman–Crippen MR) is 50.6 cm³/mol. The third kappa shape index (κ3) is 1.67. The number of fused-ring (bicyclic) bond motifs is 1. The second-order valence-electron chi connectivity index (χ2n) is 4.85. The van der Waals surface area contributed by atoms with Crippen molar-refractivity contribution in [2.24, 2.45) is 11.8 Å². The number of rotatable bonds is 0. The Hall–Kier alpha value is -0.180. The molecular formula is C11H18F2O. The molecule has 0 radical (unpaired) electrons. The molecule has 1 heterocycles. The van der Waals surface area contributed by atoms with Crippen LogP contribution in [0, 0.1) is 11.8 Å². The molecule has 6 atom stereocenters. The highest BCUT2D eigenvalue weighted by Crippen LogP contribution is 2.41. The predicted octanol–water partition coefficient (Wildman–Crippen LogP) is 2.89. The highest BCUT2D eigenvalue weighted by Gasteiger charge is 2.46. The van der Waals surface area contributed by atoms with Crippen molar-refractivity contribution in [3.8, 4) is 0 Å². The van der Waals surface area contributed by atoms with Crippen molar-refractivity contribution in [2.45, 2.75) is 57.7 Å². The van der Waals surface area contributed by atoms with E-state index in [0.717, 1.165) is 19.3 Å². The quantitative estimate of drug-likeness (QED) is 0.589. The lowest BCUT2D eigenvalue weighted by Gasteiger charge is -2.43. The maximum atomic E-state index is 13.6. The van der Waals surface area contributed by atoms with E-state index in [-0.39, 0.29) is 17.9 Å². The van der Waals surface area contributed by atoms with Gasteiger partial charge in [0.25, 0.3) is 0 Å². The largest absolute Gasteiger partial charge is 0.372 e. The summed E-state index contributed by atoms with van der Waals surface area (Å²) in [7, 11) is 0. The van der Waals surface area contributed by atoms with Crippen molar-refractivity contribution in [3.05, 3.63) is 0 Å². The Balaban J connectivity index is 2.08. The van der Waals surface area contributed by atoms with Gasteiger partial charge in [-0.25, -0.2) is 8.78 Å². The first-order valence-electron chi connectivity index (χ1n) is 5.53. The van der Waals surface area contributed by atoms with Crippen LogP contribution in [0.25, 0.3) is 0 Å². The van der Waals surface area contributed by atoms with Crippen LogP contribution in [-0.4, -0.2) is 24.6 Å². The summed E-state index contributed by atoms with van der Waals surface area (Å²) in [6.45, 7) is 3.74. The van der Waals surface area contributed by atoms with E-state index in [4.69, 9.17) is 4.74 Å². The minimum atomic E-state index is -1.41. The van der Waals surface area contributed by atoms with Crippen LogP contribution in [0.3, 0.4) is 0 Å². The van der Waals surface area contributed by atoms with Crippen LogP contribution in [0.15, 0.2) is 0 Å². The van der Waals surface area contributed by atoms with Gasteiger partial charge in [0, 0.05) is 0 Å². The Labute approximate surface area is 83.8 Å². The van der Waals surface area contributed by atoms with E-state index in [1.54, 1.807) is 6.92 Å². The molecule has 0 bridgehead atoms. The fourth-order valence-electron chi connectivity index (χ4n) is 2.75. The van der Waals surface area contributed by atoms with Gasteiger partial charge in [0.1, 0.15) is 6.17 Å². The molecule has 3 heteroatoms. The van der Waals surface area contributed by atoms with Crippen molar-refractivity contribution in [2.75, 3.05) is 0 Å². The Morgan fingerprint density at radius 2 is 1.79 bits per heavy atom. The summed E-state index contributed by atoms with van der Waals surface area (Å²) in [4.78, 5) is 0. The first-order valence-corrected chi connectivity index (χ1v) is 5.53. The molecule has 82 valence electrons. The summed E-state index contributed by atoms with van der Waals surface area (Å²) in [6.07, 6.45) is -0.382. The van der Waals surface area contributed by atoms with E-state index in [9.17, 15) is 8.78 Å². The lowest BCUT2D eigenvalue weighted by atomic mass is 9.74. The molecule has 0 N–H and O–H groups in total. The number of ether oxygens (including phenoxy) is 1. The molecule has 5 unspecified atom stereocenters. The van der Waals surface area contributed by atoms with E-state index in [2.05, 4.69) is 0 Å². The van der Waals surface area contributed by atoms with Gasteiger partial charge in [0.05, 0.1) is 12.2 Å². The monoisotopic (exact) mass is 204 g/mol. The van der Waals surface area contributed by atoms with E-state index in [1.165, 1.54) is 0 Å². The van der Waals surface area contributed by atoms with E-state index < -0.39 is 18.4 Å². The molecule has 1 nitrogen and oxygen atoms in total. The second-order valence-corrected chi connectivity index (χ2v) is 4.85. The lowest BCUT2D eigenvalue weighted by molar-refractivity contribution is -0.154. The zero-order valence-corrected chi connectivity index (χ0v) is 8.75. The summed E-state index contributed by atoms with van der Waals surface area (Å²) in [6, 6.07) is 0. The minimum absolute atomic E-state index is 0.0927. The zero-order chi connectivity index (χ0) is 10.3. The molecule has 0 aromatic carbocycles. The molecule has 2 rings (SSSR count). The summed E-state index contributed by atoms with van der Waals surface area (Å²) >= 11 is 0. The summed E-state index contributed by atoms with van der Waals surface area (Å²) in [5.74, 6) is 0.0893. The number of hydrogen-bond donors (Lipinski definition) is 0. The Morgan fingerprint density at radius 1 is 1.07 bits per heavy atom. The smallest absolute Gasteiger partial charge is 0.158 e. The topological polar surface area (TPSA) is 9.23 Å². The normalized spacial score (nSPS) is 54.0. The van der Waals surface area contributed by atoms with E-state index in [1.807, 2.05) is 6.92 Å². The molecule has 0 aromatic rings. The Morgan fingerprint density at radius 3 is 2.50 bits per heavy atom. The average molecular weight is 204 g/mol. The van der Waals surface area contributed by atoms with Gasteiger partial charge in [0.15, 0.2) is 6.17 Å². The van der Waals surface area contributed by atoms with Crippen LogP contribution in [0.1, 0.15) is 33.1 Å². The van der Waals surface area contributed by atoms with Crippen LogP contribution in [-0.2, 0) is 4.74 Å². The molecule has 1 saturated carbocycles. The van der Waals surface area contributed by atoms with Crippen LogP contribution in [0.5, 0.6) is 0 Å². The van der Waals surface area contributed by atoms with Crippen molar-refractivity contribution in [3.63, 3.8) is 0 Å². The fourth-order valence-corrected chi connectivity index (χ4v) is 2.75. The van der Waals surface area contributed by atoms with Crippen LogP contribution in [0.2, 0.25) is 0 Å². The minimum Gasteiger partial charge on any atom is -0.372 e. The van der Waals surface area contributed by atoms with Gasteiger partial charge in [-0.1, -0.05) is 6.92 Å². The summed E-state index contributed by atoms with van der Waals surface area (Å²) < 4.78 is 32.6. The Kier molecular flexibility index (Phi) is 2.78. The third-order valence-electron chi connectivity index (χ3n) is 3.63. The average Bonchev–Trinajstić information content (AvgIpc) is 2.16. The molecule has 0 aromatic heterocycles. The zero-order valence-electron chi connectivity index (χ0n) is 8.75.